The zero-order valence-corrected chi connectivity index (χ0v) is 16.3. The molecular formula is C21H27N5O2. The maximum Gasteiger partial charge on any atom is 0.224 e. The predicted molar refractivity (Wildman–Crippen MR) is 104 cm³/mol. The maximum atomic E-state index is 13.2. The van der Waals surface area contributed by atoms with Crippen molar-refractivity contribution in [3.63, 3.8) is 0 Å². The lowest BCUT2D eigenvalue weighted by atomic mass is 9.75. The Labute approximate surface area is 165 Å². The van der Waals surface area contributed by atoms with Crippen LogP contribution >= 0.6 is 0 Å². The van der Waals surface area contributed by atoms with E-state index in [0.29, 0.717) is 36.9 Å². The summed E-state index contributed by atoms with van der Waals surface area (Å²) in [5.74, 6) is 2.10. The molecule has 1 amide bonds. The number of ether oxygens (including phenoxy) is 1. The minimum Gasteiger partial charge on any atom is -0.497 e. The second-order valence-corrected chi connectivity index (χ2v) is 8.19. The van der Waals surface area contributed by atoms with Crippen LogP contribution < -0.4 is 4.74 Å². The van der Waals surface area contributed by atoms with Gasteiger partial charge in [-0.25, -0.2) is 4.98 Å². The zero-order chi connectivity index (χ0) is 19.1. The number of aryl methyl sites for hydroxylation is 1. The molecule has 4 saturated heterocycles. The van der Waals surface area contributed by atoms with E-state index in [1.807, 2.05) is 6.07 Å². The highest BCUT2D eigenvalue weighted by Crippen LogP contribution is 2.47. The predicted octanol–water partition coefficient (Wildman–Crippen LogP) is 1.77. The molecular weight excluding hydrogens is 354 g/mol. The molecule has 2 bridgehead atoms. The van der Waals surface area contributed by atoms with Crippen molar-refractivity contribution < 1.29 is 9.53 Å². The Hall–Kier alpha value is -2.41. The monoisotopic (exact) mass is 381 g/mol. The second-order valence-electron chi connectivity index (χ2n) is 8.19. The Morgan fingerprint density at radius 1 is 1.25 bits per heavy atom. The van der Waals surface area contributed by atoms with E-state index >= 15 is 0 Å². The van der Waals surface area contributed by atoms with Gasteiger partial charge in [0.2, 0.25) is 5.91 Å². The standard InChI is InChI=1S/C21H27N5O2/c1-28-17-4-2-3-16(11-17)18-12-26(19(27)7-10-25-14-22-13-23-25)20-15-5-8-24(9-6-15)21(18)20/h2-4,11,13-15,18,20-21H,5-10,12H2,1H3/t18-,20-,21-/m1/s1. The smallest absolute Gasteiger partial charge is 0.224 e. The number of aromatic nitrogens is 3. The Morgan fingerprint density at radius 3 is 2.86 bits per heavy atom. The van der Waals surface area contributed by atoms with Gasteiger partial charge >= 0.3 is 0 Å². The van der Waals surface area contributed by atoms with Gasteiger partial charge < -0.3 is 9.64 Å². The average Bonchev–Trinajstić information content (AvgIpc) is 3.42. The number of methoxy groups -OCH3 is 1. The van der Waals surface area contributed by atoms with E-state index in [2.05, 4.69) is 38.1 Å². The summed E-state index contributed by atoms with van der Waals surface area (Å²) in [5, 5.41) is 4.13. The van der Waals surface area contributed by atoms with Gasteiger partial charge in [0.25, 0.3) is 0 Å². The summed E-state index contributed by atoms with van der Waals surface area (Å²) in [6, 6.07) is 9.15. The molecule has 0 saturated carbocycles. The molecule has 4 fully saturated rings. The molecule has 0 unspecified atom stereocenters. The molecule has 4 aliphatic rings. The summed E-state index contributed by atoms with van der Waals surface area (Å²) in [6.07, 6.45) is 6.08. The summed E-state index contributed by atoms with van der Waals surface area (Å²) >= 11 is 0. The molecule has 28 heavy (non-hydrogen) atoms. The van der Waals surface area contributed by atoms with Gasteiger partial charge in [-0.2, -0.15) is 5.10 Å². The quantitative estimate of drug-likeness (QED) is 0.790. The molecule has 7 nitrogen and oxygen atoms in total. The van der Waals surface area contributed by atoms with Gasteiger partial charge in [0.05, 0.1) is 19.7 Å². The van der Waals surface area contributed by atoms with E-state index in [4.69, 9.17) is 4.74 Å². The molecule has 0 spiro atoms. The van der Waals surface area contributed by atoms with Gasteiger partial charge in [-0.1, -0.05) is 12.1 Å². The molecule has 3 atom stereocenters. The summed E-state index contributed by atoms with van der Waals surface area (Å²) in [4.78, 5) is 22.0. The summed E-state index contributed by atoms with van der Waals surface area (Å²) in [6.45, 7) is 3.71. The largest absolute Gasteiger partial charge is 0.497 e. The molecule has 0 radical (unpaired) electrons. The minimum absolute atomic E-state index is 0.240. The topological polar surface area (TPSA) is 63.5 Å². The molecule has 1 aromatic carbocycles. The number of benzene rings is 1. The van der Waals surface area contributed by atoms with Crippen molar-refractivity contribution in [2.45, 2.75) is 43.8 Å². The third-order valence-electron chi connectivity index (χ3n) is 6.86. The molecule has 4 aliphatic heterocycles. The third kappa shape index (κ3) is 2.98. The number of hydrogen-bond acceptors (Lipinski definition) is 5. The van der Waals surface area contributed by atoms with E-state index in [1.165, 1.54) is 24.7 Å². The number of likely N-dealkylation sites (tertiary alicyclic amines) is 1. The number of piperidine rings is 3. The number of carbonyl (C=O) groups is 1. The number of nitrogens with zero attached hydrogens (tertiary/aromatic N) is 5. The SMILES string of the molecule is COc1cccc([C@H]2CN(C(=O)CCn3cncn3)[C@@H]3C4CCN(CC4)[C@H]23)c1. The summed E-state index contributed by atoms with van der Waals surface area (Å²) < 4.78 is 7.19. The number of carbonyl (C=O) groups excluding carboxylic acids is 1. The lowest BCUT2D eigenvalue weighted by Crippen LogP contribution is -2.60. The average molecular weight is 381 g/mol. The van der Waals surface area contributed by atoms with Crippen molar-refractivity contribution in [2.24, 2.45) is 5.92 Å². The van der Waals surface area contributed by atoms with E-state index in [0.717, 1.165) is 25.4 Å². The van der Waals surface area contributed by atoms with Crippen LogP contribution in [0.25, 0.3) is 0 Å². The summed E-state index contributed by atoms with van der Waals surface area (Å²) in [5.41, 5.74) is 1.29. The first-order valence-corrected chi connectivity index (χ1v) is 10.2. The maximum absolute atomic E-state index is 13.2. The van der Waals surface area contributed by atoms with E-state index in [9.17, 15) is 4.79 Å². The number of amides is 1. The van der Waals surface area contributed by atoms with Gasteiger partial charge in [-0.3, -0.25) is 14.4 Å². The first-order valence-electron chi connectivity index (χ1n) is 10.2. The minimum atomic E-state index is 0.240. The van der Waals surface area contributed by atoms with Crippen LogP contribution in [0.5, 0.6) is 5.75 Å². The van der Waals surface area contributed by atoms with Crippen molar-refractivity contribution >= 4 is 5.91 Å². The molecule has 2 aromatic rings. The van der Waals surface area contributed by atoms with Crippen molar-refractivity contribution in [3.8, 4) is 5.75 Å². The van der Waals surface area contributed by atoms with Crippen LogP contribution in [-0.2, 0) is 11.3 Å². The fourth-order valence-corrected chi connectivity index (χ4v) is 5.57. The Morgan fingerprint density at radius 2 is 2.11 bits per heavy atom. The van der Waals surface area contributed by atoms with E-state index < -0.39 is 0 Å². The molecule has 148 valence electrons. The van der Waals surface area contributed by atoms with Crippen LogP contribution in [0.2, 0.25) is 0 Å². The van der Waals surface area contributed by atoms with Crippen LogP contribution in [0.3, 0.4) is 0 Å². The van der Waals surface area contributed by atoms with Gasteiger partial charge in [0.1, 0.15) is 18.4 Å². The highest BCUT2D eigenvalue weighted by molar-refractivity contribution is 5.77. The zero-order valence-electron chi connectivity index (χ0n) is 16.3. The van der Waals surface area contributed by atoms with E-state index in [1.54, 1.807) is 18.1 Å². The van der Waals surface area contributed by atoms with Crippen molar-refractivity contribution in [2.75, 3.05) is 26.7 Å². The van der Waals surface area contributed by atoms with Crippen LogP contribution in [0.15, 0.2) is 36.9 Å². The molecule has 6 rings (SSSR count). The van der Waals surface area contributed by atoms with Crippen LogP contribution in [0.4, 0.5) is 0 Å². The fourth-order valence-electron chi connectivity index (χ4n) is 5.57. The normalized spacial score (nSPS) is 31.0. The number of fused-ring (bicyclic) bond motifs is 2. The second kappa shape index (κ2) is 7.20. The van der Waals surface area contributed by atoms with Gasteiger partial charge in [-0.05, 0) is 49.5 Å². The number of hydrogen-bond donors (Lipinski definition) is 0. The highest BCUT2D eigenvalue weighted by Gasteiger charge is 2.54. The molecule has 5 heterocycles. The van der Waals surface area contributed by atoms with Gasteiger partial charge in [-0.15, -0.1) is 0 Å². The van der Waals surface area contributed by atoms with Gasteiger partial charge in [0, 0.05) is 24.9 Å². The fraction of sp³-hybridized carbons (Fsp3) is 0.571. The first kappa shape index (κ1) is 17.7. The van der Waals surface area contributed by atoms with Crippen LogP contribution in [0.1, 0.15) is 30.7 Å². The lowest BCUT2D eigenvalue weighted by Gasteiger charge is -2.51. The Kier molecular flexibility index (Phi) is 4.55. The van der Waals surface area contributed by atoms with Crippen molar-refractivity contribution in [3.05, 3.63) is 42.5 Å². The Balaban J connectivity index is 1.41. The van der Waals surface area contributed by atoms with Crippen molar-refractivity contribution in [1.29, 1.82) is 0 Å². The van der Waals surface area contributed by atoms with Crippen LogP contribution in [0, 0.1) is 5.92 Å². The van der Waals surface area contributed by atoms with Crippen molar-refractivity contribution in [1.82, 2.24) is 24.6 Å². The number of rotatable bonds is 5. The lowest BCUT2D eigenvalue weighted by molar-refractivity contribution is -0.136. The van der Waals surface area contributed by atoms with E-state index in [-0.39, 0.29) is 5.91 Å². The van der Waals surface area contributed by atoms with Gasteiger partial charge in [0.15, 0.2) is 0 Å². The molecule has 0 N–H and O–H groups in total. The molecule has 7 heteroatoms. The first-order chi connectivity index (χ1) is 13.7. The highest BCUT2D eigenvalue weighted by atomic mass is 16.5. The molecule has 0 aliphatic carbocycles. The third-order valence-corrected chi connectivity index (χ3v) is 6.86. The molecule has 1 aromatic heterocycles. The van der Waals surface area contributed by atoms with Crippen LogP contribution in [-0.4, -0.2) is 69.3 Å². The Bertz CT molecular complexity index is 831. The summed E-state index contributed by atoms with van der Waals surface area (Å²) in [7, 11) is 1.71.